The molecule has 1 atom stereocenters. The summed E-state index contributed by atoms with van der Waals surface area (Å²) in [5.74, 6) is -1.16. The van der Waals surface area contributed by atoms with E-state index in [2.05, 4.69) is 23.6 Å². The zero-order valence-corrected chi connectivity index (χ0v) is 13.4. The largest absolute Gasteiger partial charge is 0.329 e. The molecular formula is C16H27F2N3. The van der Waals surface area contributed by atoms with Crippen molar-refractivity contribution in [1.82, 2.24) is 9.80 Å². The lowest BCUT2D eigenvalue weighted by molar-refractivity contribution is 0.163. The van der Waals surface area contributed by atoms with Crippen LogP contribution in [0.2, 0.25) is 0 Å². The molecule has 1 aromatic rings. The Kier molecular flexibility index (Phi) is 7.22. The number of hydrogen-bond donors (Lipinski definition) is 1. The highest BCUT2D eigenvalue weighted by Crippen LogP contribution is 2.22. The van der Waals surface area contributed by atoms with E-state index >= 15 is 0 Å². The van der Waals surface area contributed by atoms with Crippen LogP contribution in [0.25, 0.3) is 0 Å². The molecule has 5 heteroatoms. The lowest BCUT2D eigenvalue weighted by Gasteiger charge is -2.33. The van der Waals surface area contributed by atoms with Gasteiger partial charge in [-0.15, -0.1) is 0 Å². The molecule has 0 radical (unpaired) electrons. The highest BCUT2D eigenvalue weighted by Gasteiger charge is 2.21. The molecule has 1 unspecified atom stereocenters. The Hall–Kier alpha value is -1.04. The Labute approximate surface area is 126 Å². The second-order valence-electron chi connectivity index (χ2n) is 6.12. The summed E-state index contributed by atoms with van der Waals surface area (Å²) in [6.45, 7) is 7.27. The summed E-state index contributed by atoms with van der Waals surface area (Å²) in [4.78, 5) is 4.35. The van der Waals surface area contributed by atoms with Crippen LogP contribution in [0.3, 0.4) is 0 Å². The Balaban J connectivity index is 2.95. The van der Waals surface area contributed by atoms with E-state index in [1.807, 2.05) is 14.1 Å². The number of halogens is 2. The molecular weight excluding hydrogens is 272 g/mol. The van der Waals surface area contributed by atoms with Crippen molar-refractivity contribution in [1.29, 1.82) is 0 Å². The minimum Gasteiger partial charge on any atom is -0.329 e. The summed E-state index contributed by atoms with van der Waals surface area (Å²) in [5.41, 5.74) is 6.64. The standard InChI is InChI=1S/C16H27F2N3/c1-12(2)11-21(8-7-20(3)4)16(10-19)13-5-6-14(17)15(18)9-13/h5-6,9,12,16H,7-8,10-11,19H2,1-4H3. The van der Waals surface area contributed by atoms with Crippen LogP contribution in [0.15, 0.2) is 18.2 Å². The van der Waals surface area contributed by atoms with Gasteiger partial charge in [-0.1, -0.05) is 19.9 Å². The average molecular weight is 299 g/mol. The molecule has 21 heavy (non-hydrogen) atoms. The first-order valence-electron chi connectivity index (χ1n) is 7.39. The van der Waals surface area contributed by atoms with Gasteiger partial charge in [-0.05, 0) is 37.7 Å². The molecule has 0 fully saturated rings. The maximum absolute atomic E-state index is 13.5. The average Bonchev–Trinajstić information content (AvgIpc) is 2.40. The van der Waals surface area contributed by atoms with Crippen molar-refractivity contribution >= 4 is 0 Å². The van der Waals surface area contributed by atoms with Gasteiger partial charge >= 0.3 is 0 Å². The molecule has 1 rings (SSSR count). The SMILES string of the molecule is CC(C)CN(CCN(C)C)C(CN)c1ccc(F)c(F)c1. The molecule has 0 saturated carbocycles. The fraction of sp³-hybridized carbons (Fsp3) is 0.625. The monoisotopic (exact) mass is 299 g/mol. The predicted octanol–water partition coefficient (Wildman–Crippen LogP) is 2.48. The molecule has 0 amide bonds. The maximum Gasteiger partial charge on any atom is 0.159 e. The number of nitrogens with zero attached hydrogens (tertiary/aromatic N) is 2. The molecule has 2 N–H and O–H groups in total. The molecule has 3 nitrogen and oxygen atoms in total. The van der Waals surface area contributed by atoms with Gasteiger partial charge < -0.3 is 10.6 Å². The molecule has 0 saturated heterocycles. The summed E-state index contributed by atoms with van der Waals surface area (Å²) >= 11 is 0. The third-order valence-electron chi connectivity index (χ3n) is 3.43. The van der Waals surface area contributed by atoms with Crippen molar-refractivity contribution in [2.24, 2.45) is 11.7 Å². The first-order chi connectivity index (χ1) is 9.85. The third kappa shape index (κ3) is 5.69. The van der Waals surface area contributed by atoms with Gasteiger partial charge in [-0.2, -0.15) is 0 Å². The van der Waals surface area contributed by atoms with Crippen LogP contribution >= 0.6 is 0 Å². The van der Waals surface area contributed by atoms with Crippen LogP contribution in [0, 0.1) is 17.6 Å². The summed E-state index contributed by atoms with van der Waals surface area (Å²) < 4.78 is 26.6. The molecule has 0 aliphatic heterocycles. The zero-order valence-electron chi connectivity index (χ0n) is 13.4. The number of nitrogens with two attached hydrogens (primary N) is 1. The molecule has 1 aromatic carbocycles. The van der Waals surface area contributed by atoms with Crippen LogP contribution < -0.4 is 5.73 Å². The van der Waals surface area contributed by atoms with E-state index in [-0.39, 0.29) is 6.04 Å². The van der Waals surface area contributed by atoms with E-state index < -0.39 is 11.6 Å². The summed E-state index contributed by atoms with van der Waals surface area (Å²) in [6.07, 6.45) is 0. The summed E-state index contributed by atoms with van der Waals surface area (Å²) in [6, 6.07) is 3.96. The van der Waals surface area contributed by atoms with Crippen molar-refractivity contribution in [3.63, 3.8) is 0 Å². The van der Waals surface area contributed by atoms with Crippen molar-refractivity contribution in [3.8, 4) is 0 Å². The van der Waals surface area contributed by atoms with Gasteiger partial charge in [0.2, 0.25) is 0 Å². The Morgan fingerprint density at radius 3 is 2.24 bits per heavy atom. The Bertz CT molecular complexity index is 436. The highest BCUT2D eigenvalue weighted by molar-refractivity contribution is 5.22. The van der Waals surface area contributed by atoms with E-state index in [1.54, 1.807) is 6.07 Å². The second kappa shape index (κ2) is 8.41. The van der Waals surface area contributed by atoms with E-state index in [4.69, 9.17) is 5.73 Å². The fourth-order valence-corrected chi connectivity index (χ4v) is 2.39. The first-order valence-corrected chi connectivity index (χ1v) is 7.39. The van der Waals surface area contributed by atoms with Crippen LogP contribution in [0.4, 0.5) is 8.78 Å². The normalized spacial score (nSPS) is 13.4. The molecule has 0 aromatic heterocycles. The van der Waals surface area contributed by atoms with Gasteiger partial charge in [0.25, 0.3) is 0 Å². The van der Waals surface area contributed by atoms with Gasteiger partial charge in [-0.3, -0.25) is 4.90 Å². The minimum atomic E-state index is -0.821. The zero-order chi connectivity index (χ0) is 16.0. The topological polar surface area (TPSA) is 32.5 Å². The van der Waals surface area contributed by atoms with E-state index in [9.17, 15) is 8.78 Å². The fourth-order valence-electron chi connectivity index (χ4n) is 2.39. The van der Waals surface area contributed by atoms with Crippen LogP contribution in [0.1, 0.15) is 25.5 Å². The Morgan fingerprint density at radius 1 is 1.10 bits per heavy atom. The van der Waals surface area contributed by atoms with Crippen molar-refractivity contribution in [2.45, 2.75) is 19.9 Å². The van der Waals surface area contributed by atoms with E-state index in [0.29, 0.717) is 12.5 Å². The van der Waals surface area contributed by atoms with Gasteiger partial charge in [0.1, 0.15) is 0 Å². The molecule has 120 valence electrons. The van der Waals surface area contributed by atoms with Crippen LogP contribution in [-0.4, -0.2) is 50.1 Å². The van der Waals surface area contributed by atoms with Crippen molar-refractivity contribution < 1.29 is 8.78 Å². The van der Waals surface area contributed by atoms with Crippen LogP contribution in [-0.2, 0) is 0 Å². The molecule has 0 spiro atoms. The summed E-state index contributed by atoms with van der Waals surface area (Å²) in [5, 5.41) is 0. The molecule has 0 aliphatic rings. The smallest absolute Gasteiger partial charge is 0.159 e. The lowest BCUT2D eigenvalue weighted by Crippen LogP contribution is -2.40. The van der Waals surface area contributed by atoms with E-state index in [1.165, 1.54) is 12.1 Å². The molecule has 0 heterocycles. The molecule has 0 bridgehead atoms. The second-order valence-corrected chi connectivity index (χ2v) is 6.12. The Morgan fingerprint density at radius 2 is 1.76 bits per heavy atom. The predicted molar refractivity (Wildman–Crippen MR) is 83.1 cm³/mol. The van der Waals surface area contributed by atoms with E-state index in [0.717, 1.165) is 25.2 Å². The number of rotatable bonds is 8. The van der Waals surface area contributed by atoms with Crippen LogP contribution in [0.5, 0.6) is 0 Å². The number of likely N-dealkylation sites (N-methyl/N-ethyl adjacent to an activating group) is 1. The lowest BCUT2D eigenvalue weighted by atomic mass is 10.0. The summed E-state index contributed by atoms with van der Waals surface area (Å²) in [7, 11) is 4.03. The van der Waals surface area contributed by atoms with Gasteiger partial charge in [0.05, 0.1) is 0 Å². The maximum atomic E-state index is 13.5. The van der Waals surface area contributed by atoms with Crippen molar-refractivity contribution in [2.75, 3.05) is 40.3 Å². The highest BCUT2D eigenvalue weighted by atomic mass is 19.2. The third-order valence-corrected chi connectivity index (χ3v) is 3.43. The quantitative estimate of drug-likeness (QED) is 0.800. The van der Waals surface area contributed by atoms with Crippen molar-refractivity contribution in [3.05, 3.63) is 35.4 Å². The number of hydrogen-bond acceptors (Lipinski definition) is 3. The molecule has 0 aliphatic carbocycles. The van der Waals surface area contributed by atoms with Gasteiger partial charge in [-0.25, -0.2) is 8.78 Å². The first kappa shape index (κ1) is 18.0. The van der Waals surface area contributed by atoms with Gasteiger partial charge in [0.15, 0.2) is 11.6 Å². The number of benzene rings is 1. The van der Waals surface area contributed by atoms with Gasteiger partial charge in [0, 0.05) is 32.2 Å². The minimum absolute atomic E-state index is 0.0950.